The van der Waals surface area contributed by atoms with Crippen molar-refractivity contribution in [1.29, 1.82) is 0 Å². The SMILES string of the molecule is CCC(N)(CC)C(=O)Nc1cnc(Br)cn1. The van der Waals surface area contributed by atoms with Gasteiger partial charge in [0.25, 0.3) is 0 Å². The zero-order valence-corrected chi connectivity index (χ0v) is 10.9. The molecular formula is C10H15BrN4O. The van der Waals surface area contributed by atoms with Gasteiger partial charge in [-0.15, -0.1) is 0 Å². The van der Waals surface area contributed by atoms with Crippen molar-refractivity contribution in [3.05, 3.63) is 17.0 Å². The van der Waals surface area contributed by atoms with E-state index in [0.29, 0.717) is 23.3 Å². The summed E-state index contributed by atoms with van der Waals surface area (Å²) >= 11 is 3.17. The van der Waals surface area contributed by atoms with Gasteiger partial charge in [0.2, 0.25) is 5.91 Å². The lowest BCUT2D eigenvalue weighted by Crippen LogP contribution is -2.50. The minimum Gasteiger partial charge on any atom is -0.317 e. The second-order valence-corrected chi connectivity index (χ2v) is 4.35. The number of nitrogens with two attached hydrogens (primary N) is 1. The lowest BCUT2D eigenvalue weighted by Gasteiger charge is -2.24. The quantitative estimate of drug-likeness (QED) is 0.883. The normalized spacial score (nSPS) is 11.2. The second-order valence-electron chi connectivity index (χ2n) is 3.54. The predicted molar refractivity (Wildman–Crippen MR) is 65.9 cm³/mol. The van der Waals surface area contributed by atoms with Crippen LogP contribution in [0.2, 0.25) is 0 Å². The Labute approximate surface area is 103 Å². The molecule has 0 atom stereocenters. The molecule has 1 aromatic rings. The van der Waals surface area contributed by atoms with Crippen LogP contribution >= 0.6 is 15.9 Å². The summed E-state index contributed by atoms with van der Waals surface area (Å²) in [5, 5.41) is 2.65. The third-order valence-corrected chi connectivity index (χ3v) is 2.99. The van der Waals surface area contributed by atoms with Gasteiger partial charge in [-0.2, -0.15) is 0 Å². The molecule has 1 heterocycles. The molecule has 88 valence electrons. The smallest absolute Gasteiger partial charge is 0.245 e. The van der Waals surface area contributed by atoms with Crippen LogP contribution in [0.3, 0.4) is 0 Å². The van der Waals surface area contributed by atoms with E-state index >= 15 is 0 Å². The highest BCUT2D eigenvalue weighted by molar-refractivity contribution is 9.10. The Hall–Kier alpha value is -1.01. The van der Waals surface area contributed by atoms with E-state index in [1.807, 2.05) is 13.8 Å². The number of halogens is 1. The van der Waals surface area contributed by atoms with Gasteiger partial charge in [0.05, 0.1) is 17.9 Å². The number of aromatic nitrogens is 2. The van der Waals surface area contributed by atoms with Crippen LogP contribution < -0.4 is 11.1 Å². The van der Waals surface area contributed by atoms with Crippen LogP contribution in [0, 0.1) is 0 Å². The summed E-state index contributed by atoms with van der Waals surface area (Å²) in [4.78, 5) is 19.8. The molecule has 1 rings (SSSR count). The van der Waals surface area contributed by atoms with E-state index in [0.717, 1.165) is 0 Å². The fourth-order valence-electron chi connectivity index (χ4n) is 1.19. The Morgan fingerprint density at radius 1 is 1.44 bits per heavy atom. The lowest BCUT2D eigenvalue weighted by atomic mass is 9.93. The number of carbonyl (C=O) groups is 1. The monoisotopic (exact) mass is 286 g/mol. The molecule has 0 spiro atoms. The number of nitrogens with zero attached hydrogens (tertiary/aromatic N) is 2. The van der Waals surface area contributed by atoms with Gasteiger partial charge in [-0.1, -0.05) is 13.8 Å². The minimum atomic E-state index is -0.839. The molecule has 0 aromatic carbocycles. The van der Waals surface area contributed by atoms with E-state index < -0.39 is 5.54 Å². The molecule has 1 aromatic heterocycles. The second kappa shape index (κ2) is 5.36. The van der Waals surface area contributed by atoms with Gasteiger partial charge in [0.1, 0.15) is 4.60 Å². The molecule has 0 bridgehead atoms. The van der Waals surface area contributed by atoms with Crippen molar-refractivity contribution in [2.75, 3.05) is 5.32 Å². The summed E-state index contributed by atoms with van der Waals surface area (Å²) in [6.07, 6.45) is 4.16. The first-order chi connectivity index (χ1) is 7.51. The van der Waals surface area contributed by atoms with Gasteiger partial charge >= 0.3 is 0 Å². The molecule has 0 saturated heterocycles. The van der Waals surface area contributed by atoms with Crippen LogP contribution in [0.15, 0.2) is 17.0 Å². The molecule has 3 N–H and O–H groups in total. The number of anilines is 1. The van der Waals surface area contributed by atoms with Crippen molar-refractivity contribution in [2.24, 2.45) is 5.73 Å². The van der Waals surface area contributed by atoms with E-state index in [2.05, 4.69) is 31.2 Å². The van der Waals surface area contributed by atoms with Gasteiger partial charge < -0.3 is 11.1 Å². The first-order valence-electron chi connectivity index (χ1n) is 5.09. The molecule has 6 heteroatoms. The summed E-state index contributed by atoms with van der Waals surface area (Å²) in [6.45, 7) is 3.77. The first kappa shape index (κ1) is 13.1. The highest BCUT2D eigenvalue weighted by atomic mass is 79.9. The van der Waals surface area contributed by atoms with Gasteiger partial charge in [-0.05, 0) is 28.8 Å². The molecular weight excluding hydrogens is 272 g/mol. The van der Waals surface area contributed by atoms with E-state index in [-0.39, 0.29) is 5.91 Å². The van der Waals surface area contributed by atoms with Crippen LogP contribution in [0.4, 0.5) is 5.82 Å². The summed E-state index contributed by atoms with van der Waals surface area (Å²) in [7, 11) is 0. The van der Waals surface area contributed by atoms with E-state index in [1.165, 1.54) is 12.4 Å². The van der Waals surface area contributed by atoms with E-state index in [9.17, 15) is 4.79 Å². The van der Waals surface area contributed by atoms with Crippen LogP contribution in [0.1, 0.15) is 26.7 Å². The number of carbonyl (C=O) groups excluding carboxylic acids is 1. The Morgan fingerprint density at radius 3 is 2.50 bits per heavy atom. The van der Waals surface area contributed by atoms with Crippen LogP contribution in [-0.4, -0.2) is 21.4 Å². The van der Waals surface area contributed by atoms with Gasteiger partial charge in [-0.25, -0.2) is 9.97 Å². The number of nitrogens with one attached hydrogen (secondary N) is 1. The lowest BCUT2D eigenvalue weighted by molar-refractivity contribution is -0.121. The van der Waals surface area contributed by atoms with Crippen LogP contribution in [0.25, 0.3) is 0 Å². The average molecular weight is 287 g/mol. The van der Waals surface area contributed by atoms with E-state index in [4.69, 9.17) is 5.73 Å². The van der Waals surface area contributed by atoms with Crippen molar-refractivity contribution in [1.82, 2.24) is 9.97 Å². The summed E-state index contributed by atoms with van der Waals surface area (Å²) in [5.74, 6) is 0.180. The maximum atomic E-state index is 11.9. The summed E-state index contributed by atoms with van der Waals surface area (Å²) in [6, 6.07) is 0. The fourth-order valence-corrected chi connectivity index (χ4v) is 1.39. The van der Waals surface area contributed by atoms with Crippen molar-refractivity contribution in [3.63, 3.8) is 0 Å². The third kappa shape index (κ3) is 2.99. The topological polar surface area (TPSA) is 80.9 Å². The number of amides is 1. The predicted octanol–water partition coefficient (Wildman–Crippen LogP) is 1.70. The van der Waals surface area contributed by atoms with E-state index in [1.54, 1.807) is 0 Å². The summed E-state index contributed by atoms with van der Waals surface area (Å²) < 4.78 is 0.621. The number of hydrogen-bond donors (Lipinski definition) is 2. The Bertz CT molecular complexity index is 362. The standard InChI is InChI=1S/C10H15BrN4O/c1-3-10(12,4-2)9(16)15-8-6-13-7(11)5-14-8/h5-6H,3-4,12H2,1-2H3,(H,14,15,16). The molecule has 5 nitrogen and oxygen atoms in total. The molecule has 0 saturated carbocycles. The Balaban J connectivity index is 2.74. The van der Waals surface area contributed by atoms with Gasteiger partial charge in [-0.3, -0.25) is 4.79 Å². The van der Waals surface area contributed by atoms with Crippen molar-refractivity contribution in [2.45, 2.75) is 32.2 Å². The van der Waals surface area contributed by atoms with Crippen molar-refractivity contribution < 1.29 is 4.79 Å². The maximum absolute atomic E-state index is 11.9. The fraction of sp³-hybridized carbons (Fsp3) is 0.500. The van der Waals surface area contributed by atoms with Crippen LogP contribution in [0.5, 0.6) is 0 Å². The zero-order valence-electron chi connectivity index (χ0n) is 9.33. The van der Waals surface area contributed by atoms with Gasteiger partial charge in [0.15, 0.2) is 5.82 Å². The number of rotatable bonds is 4. The van der Waals surface area contributed by atoms with Gasteiger partial charge in [0, 0.05) is 0 Å². The minimum absolute atomic E-state index is 0.228. The largest absolute Gasteiger partial charge is 0.317 e. The third-order valence-electron chi connectivity index (χ3n) is 2.58. The Kier molecular flexibility index (Phi) is 4.37. The zero-order chi connectivity index (χ0) is 12.2. The first-order valence-corrected chi connectivity index (χ1v) is 5.89. The van der Waals surface area contributed by atoms with Crippen molar-refractivity contribution >= 4 is 27.7 Å². The highest BCUT2D eigenvalue weighted by Crippen LogP contribution is 2.14. The molecule has 0 fully saturated rings. The molecule has 0 aliphatic heterocycles. The number of hydrogen-bond acceptors (Lipinski definition) is 4. The molecule has 1 amide bonds. The molecule has 16 heavy (non-hydrogen) atoms. The summed E-state index contributed by atoms with van der Waals surface area (Å²) in [5.41, 5.74) is 5.11. The van der Waals surface area contributed by atoms with Crippen LogP contribution in [-0.2, 0) is 4.79 Å². The Morgan fingerprint density at radius 2 is 2.06 bits per heavy atom. The molecule has 0 aliphatic rings. The molecule has 0 aliphatic carbocycles. The maximum Gasteiger partial charge on any atom is 0.245 e. The van der Waals surface area contributed by atoms with Crippen molar-refractivity contribution in [3.8, 4) is 0 Å². The molecule has 0 radical (unpaired) electrons. The molecule has 0 unspecified atom stereocenters. The average Bonchev–Trinajstić information content (AvgIpc) is 2.31. The highest BCUT2D eigenvalue weighted by Gasteiger charge is 2.30.